The third kappa shape index (κ3) is 3.93. The number of nitrogens with one attached hydrogen (secondary N) is 1. The highest BCUT2D eigenvalue weighted by molar-refractivity contribution is 7.91. The Labute approximate surface area is 190 Å². The highest BCUT2D eigenvalue weighted by atomic mass is 35.5. The van der Waals surface area contributed by atoms with Gasteiger partial charge >= 0.3 is 0 Å². The number of aromatic nitrogens is 1. The summed E-state index contributed by atoms with van der Waals surface area (Å²) in [5.74, 6) is 0.432. The van der Waals surface area contributed by atoms with Gasteiger partial charge in [-0.05, 0) is 61.4 Å². The van der Waals surface area contributed by atoms with E-state index in [1.165, 1.54) is 19.2 Å². The van der Waals surface area contributed by atoms with Crippen LogP contribution >= 0.6 is 11.6 Å². The van der Waals surface area contributed by atoms with Crippen LogP contribution in [0.25, 0.3) is 11.1 Å². The summed E-state index contributed by atoms with van der Waals surface area (Å²) in [6, 6.07) is 8.17. The van der Waals surface area contributed by atoms with Crippen LogP contribution in [0.2, 0.25) is 5.02 Å². The number of furan rings is 1. The van der Waals surface area contributed by atoms with Crippen molar-refractivity contribution in [3.8, 4) is 0 Å². The number of fused-ring (bicyclic) bond motifs is 1. The minimum atomic E-state index is -3.61. The number of halogens is 1. The number of benzene rings is 1. The fourth-order valence-electron chi connectivity index (χ4n) is 4.83. The van der Waals surface area contributed by atoms with Crippen molar-refractivity contribution in [1.82, 2.24) is 10.3 Å². The van der Waals surface area contributed by atoms with E-state index in [2.05, 4.69) is 10.3 Å². The largest absolute Gasteiger partial charge is 0.440 e. The molecule has 2 heterocycles. The maximum atomic E-state index is 12.5. The fourth-order valence-corrected chi connectivity index (χ4v) is 6.08. The average molecular weight is 479 g/mol. The summed E-state index contributed by atoms with van der Waals surface area (Å²) in [6.07, 6.45) is 3.70. The number of carbonyl (C=O) groups excluding carboxylic acids is 1. The van der Waals surface area contributed by atoms with Crippen LogP contribution in [0.5, 0.6) is 0 Å². The third-order valence-corrected chi connectivity index (χ3v) is 8.21. The second-order valence-corrected chi connectivity index (χ2v) is 11.3. The van der Waals surface area contributed by atoms with Crippen molar-refractivity contribution in [2.45, 2.75) is 42.7 Å². The number of amides is 1. The molecule has 170 valence electrons. The van der Waals surface area contributed by atoms with E-state index in [1.807, 2.05) is 6.07 Å². The Hall–Kier alpha value is -2.36. The summed E-state index contributed by atoms with van der Waals surface area (Å²) >= 11 is 6.02. The Balaban J connectivity index is 1.14. The number of methoxy groups -OCH3 is 1. The lowest BCUT2D eigenvalue weighted by Gasteiger charge is -2.57. The SMILES string of the molecule is COCCS(=O)(=O)c1ccc(C(=O)NC2CC3(C2)CC(c2nc4cc(Cl)ccc4o2)C3)o1. The van der Waals surface area contributed by atoms with Gasteiger partial charge in [0.15, 0.2) is 17.2 Å². The van der Waals surface area contributed by atoms with Crippen molar-refractivity contribution >= 4 is 38.4 Å². The first-order chi connectivity index (χ1) is 15.3. The first kappa shape index (κ1) is 21.5. The number of sulfone groups is 1. The number of hydrogen-bond acceptors (Lipinski definition) is 7. The molecule has 3 aromatic rings. The van der Waals surface area contributed by atoms with E-state index in [-0.39, 0.29) is 40.6 Å². The third-order valence-electron chi connectivity index (χ3n) is 6.44. The van der Waals surface area contributed by atoms with E-state index in [0.717, 1.165) is 42.7 Å². The van der Waals surface area contributed by atoms with Gasteiger partial charge in [0.1, 0.15) is 5.52 Å². The summed E-state index contributed by atoms with van der Waals surface area (Å²) in [5, 5.41) is 3.36. The Morgan fingerprint density at radius 2 is 2.00 bits per heavy atom. The van der Waals surface area contributed by atoms with Gasteiger partial charge in [0.2, 0.25) is 14.9 Å². The predicted octanol–water partition coefficient (Wildman–Crippen LogP) is 3.95. The van der Waals surface area contributed by atoms with Crippen molar-refractivity contribution in [1.29, 1.82) is 0 Å². The van der Waals surface area contributed by atoms with Crippen LogP contribution in [-0.4, -0.2) is 44.8 Å². The quantitative estimate of drug-likeness (QED) is 0.547. The maximum Gasteiger partial charge on any atom is 0.287 e. The molecule has 5 rings (SSSR count). The zero-order valence-corrected chi connectivity index (χ0v) is 19.0. The molecule has 1 amide bonds. The molecular formula is C22H23ClN2O6S. The zero-order chi connectivity index (χ0) is 22.5. The number of nitrogens with zero attached hydrogens (tertiary/aromatic N) is 1. The van der Waals surface area contributed by atoms with Gasteiger partial charge in [-0.1, -0.05) is 11.6 Å². The van der Waals surface area contributed by atoms with Crippen LogP contribution in [0.15, 0.2) is 44.3 Å². The number of rotatable bonds is 7. The second-order valence-electron chi connectivity index (χ2n) is 8.78. The van der Waals surface area contributed by atoms with Crippen molar-refractivity contribution in [3.05, 3.63) is 47.0 Å². The molecule has 0 unspecified atom stereocenters. The van der Waals surface area contributed by atoms with Crippen molar-refractivity contribution in [2.24, 2.45) is 5.41 Å². The molecule has 0 radical (unpaired) electrons. The number of carbonyl (C=O) groups is 1. The van der Waals surface area contributed by atoms with E-state index >= 15 is 0 Å². The predicted molar refractivity (Wildman–Crippen MR) is 117 cm³/mol. The number of ether oxygens (including phenoxy) is 1. The van der Waals surface area contributed by atoms with Gasteiger partial charge in [-0.15, -0.1) is 0 Å². The topological polar surface area (TPSA) is 112 Å². The average Bonchev–Trinajstić information content (AvgIpc) is 3.34. The highest BCUT2D eigenvalue weighted by Gasteiger charge is 2.54. The Morgan fingerprint density at radius 1 is 1.22 bits per heavy atom. The smallest absolute Gasteiger partial charge is 0.287 e. The molecule has 0 bridgehead atoms. The number of hydrogen-bond donors (Lipinski definition) is 1. The molecule has 1 N–H and O–H groups in total. The van der Waals surface area contributed by atoms with Gasteiger partial charge in [0.25, 0.3) is 5.91 Å². The van der Waals surface area contributed by atoms with Gasteiger partial charge in [0.05, 0.1) is 12.4 Å². The van der Waals surface area contributed by atoms with Crippen LogP contribution in [0.4, 0.5) is 0 Å². The molecule has 1 spiro atoms. The Kier molecular flexibility index (Phi) is 5.30. The van der Waals surface area contributed by atoms with E-state index in [4.69, 9.17) is 25.2 Å². The summed E-state index contributed by atoms with van der Waals surface area (Å²) in [6.45, 7) is 0.0625. The van der Waals surface area contributed by atoms with E-state index < -0.39 is 15.7 Å². The Morgan fingerprint density at radius 3 is 2.75 bits per heavy atom. The molecule has 2 aliphatic carbocycles. The summed E-state index contributed by atoms with van der Waals surface area (Å²) in [4.78, 5) is 17.0. The molecule has 2 saturated carbocycles. The van der Waals surface area contributed by atoms with Gasteiger partial charge in [-0.25, -0.2) is 13.4 Å². The molecule has 0 atom stereocenters. The molecule has 8 nitrogen and oxygen atoms in total. The fraction of sp³-hybridized carbons (Fsp3) is 0.455. The van der Waals surface area contributed by atoms with E-state index in [9.17, 15) is 13.2 Å². The lowest BCUT2D eigenvalue weighted by atomic mass is 9.50. The standard InChI is InChI=1S/C22H23ClN2O6S/c1-29-6-7-32(27,28)19-5-4-18(30-19)20(26)24-15-11-22(12-15)9-13(10-22)21-25-16-8-14(23)2-3-17(16)31-21/h2-5,8,13,15H,6-7,9-12H2,1H3,(H,24,26). The van der Waals surface area contributed by atoms with Gasteiger partial charge < -0.3 is 18.9 Å². The molecule has 1 aromatic carbocycles. The first-order valence-electron chi connectivity index (χ1n) is 10.5. The summed E-state index contributed by atoms with van der Waals surface area (Å²) in [7, 11) is -2.18. The van der Waals surface area contributed by atoms with Crippen molar-refractivity contribution in [2.75, 3.05) is 19.5 Å². The van der Waals surface area contributed by atoms with E-state index in [1.54, 1.807) is 12.1 Å². The van der Waals surface area contributed by atoms with Crippen LogP contribution in [-0.2, 0) is 14.6 Å². The lowest BCUT2D eigenvalue weighted by molar-refractivity contribution is -0.0256. The van der Waals surface area contributed by atoms with Crippen LogP contribution in [0.3, 0.4) is 0 Å². The summed E-state index contributed by atoms with van der Waals surface area (Å²) in [5.41, 5.74) is 1.72. The Bertz CT molecular complexity index is 1270. The molecule has 2 aromatic heterocycles. The highest BCUT2D eigenvalue weighted by Crippen LogP contribution is 2.61. The number of oxazole rings is 1. The first-order valence-corrected chi connectivity index (χ1v) is 12.5. The normalized spacial score (nSPS) is 24.9. The second kappa shape index (κ2) is 7.90. The monoisotopic (exact) mass is 478 g/mol. The molecule has 0 saturated heterocycles. The lowest BCUT2D eigenvalue weighted by Crippen LogP contribution is -2.55. The molecule has 2 aliphatic rings. The molecule has 10 heteroatoms. The molecule has 32 heavy (non-hydrogen) atoms. The van der Waals surface area contributed by atoms with Gasteiger partial charge in [-0.3, -0.25) is 4.79 Å². The minimum Gasteiger partial charge on any atom is -0.440 e. The van der Waals surface area contributed by atoms with Crippen molar-refractivity contribution < 1.29 is 26.8 Å². The summed E-state index contributed by atoms with van der Waals surface area (Å²) < 4.78 is 40.3. The van der Waals surface area contributed by atoms with Crippen LogP contribution < -0.4 is 5.32 Å². The van der Waals surface area contributed by atoms with Gasteiger partial charge in [-0.2, -0.15) is 0 Å². The van der Waals surface area contributed by atoms with Gasteiger partial charge in [0, 0.05) is 24.1 Å². The zero-order valence-electron chi connectivity index (χ0n) is 17.5. The van der Waals surface area contributed by atoms with Crippen molar-refractivity contribution in [3.63, 3.8) is 0 Å². The molecular weight excluding hydrogens is 456 g/mol. The van der Waals surface area contributed by atoms with E-state index in [0.29, 0.717) is 5.02 Å². The van der Waals surface area contributed by atoms with Crippen LogP contribution in [0.1, 0.15) is 48.0 Å². The van der Waals surface area contributed by atoms with Crippen LogP contribution in [0, 0.1) is 5.41 Å². The molecule has 0 aliphatic heterocycles. The minimum absolute atomic E-state index is 0.00133. The molecule has 2 fully saturated rings. The maximum absolute atomic E-state index is 12.5.